The summed E-state index contributed by atoms with van der Waals surface area (Å²) in [7, 11) is 0. The van der Waals surface area contributed by atoms with E-state index >= 15 is 0 Å². The van der Waals surface area contributed by atoms with Crippen molar-refractivity contribution in [2.75, 3.05) is 0 Å². The molecule has 0 amide bonds. The van der Waals surface area contributed by atoms with Crippen molar-refractivity contribution in [3.8, 4) is 0 Å². The Morgan fingerprint density at radius 2 is 2.00 bits per heavy atom. The highest BCUT2D eigenvalue weighted by Gasteiger charge is 2.09. The standard InChI is InChI=1S/C9H10O4/c10-8(13-9(11)12)6-7-4-2-1-3-5-7/h1-5,8,10H,6H2,(H,11,12). The van der Waals surface area contributed by atoms with Crippen molar-refractivity contribution in [1.29, 1.82) is 0 Å². The molecule has 0 aliphatic rings. The van der Waals surface area contributed by atoms with Crippen LogP contribution in [0.2, 0.25) is 0 Å². The maximum atomic E-state index is 10.0. The van der Waals surface area contributed by atoms with Crippen LogP contribution in [-0.4, -0.2) is 22.7 Å². The molecule has 0 saturated heterocycles. The Bertz CT molecular complexity index is 270. The van der Waals surface area contributed by atoms with Crippen molar-refractivity contribution in [2.24, 2.45) is 0 Å². The van der Waals surface area contributed by atoms with Gasteiger partial charge in [0.05, 0.1) is 0 Å². The van der Waals surface area contributed by atoms with E-state index in [1.54, 1.807) is 12.1 Å². The van der Waals surface area contributed by atoms with Crippen LogP contribution in [0.15, 0.2) is 30.3 Å². The summed E-state index contributed by atoms with van der Waals surface area (Å²) in [6.07, 6.45) is -2.59. The topological polar surface area (TPSA) is 66.8 Å². The molecule has 0 aromatic heterocycles. The van der Waals surface area contributed by atoms with Crippen LogP contribution in [0.5, 0.6) is 0 Å². The number of hydrogen-bond acceptors (Lipinski definition) is 3. The van der Waals surface area contributed by atoms with E-state index in [2.05, 4.69) is 4.74 Å². The summed E-state index contributed by atoms with van der Waals surface area (Å²) in [4.78, 5) is 10.0. The van der Waals surface area contributed by atoms with E-state index in [-0.39, 0.29) is 6.42 Å². The minimum Gasteiger partial charge on any atom is -0.450 e. The molecule has 4 heteroatoms. The summed E-state index contributed by atoms with van der Waals surface area (Å²) < 4.78 is 4.13. The average molecular weight is 182 g/mol. The first-order valence-electron chi connectivity index (χ1n) is 3.80. The van der Waals surface area contributed by atoms with Crippen LogP contribution in [0.4, 0.5) is 4.79 Å². The van der Waals surface area contributed by atoms with Crippen LogP contribution in [0.25, 0.3) is 0 Å². The number of ether oxygens (including phenoxy) is 1. The lowest BCUT2D eigenvalue weighted by atomic mass is 10.1. The van der Waals surface area contributed by atoms with E-state index in [1.165, 1.54) is 0 Å². The van der Waals surface area contributed by atoms with Gasteiger partial charge in [0.1, 0.15) is 0 Å². The zero-order chi connectivity index (χ0) is 9.68. The second kappa shape index (κ2) is 4.47. The molecule has 0 saturated carbocycles. The predicted molar refractivity (Wildman–Crippen MR) is 45.3 cm³/mol. The molecule has 0 spiro atoms. The van der Waals surface area contributed by atoms with E-state index < -0.39 is 12.4 Å². The third-order valence-electron chi connectivity index (χ3n) is 1.49. The maximum Gasteiger partial charge on any atom is 0.508 e. The molecule has 70 valence electrons. The molecular formula is C9H10O4. The molecule has 4 nitrogen and oxygen atoms in total. The lowest BCUT2D eigenvalue weighted by molar-refractivity contribution is -0.0690. The van der Waals surface area contributed by atoms with E-state index in [9.17, 15) is 4.79 Å². The fraction of sp³-hybridized carbons (Fsp3) is 0.222. The van der Waals surface area contributed by atoms with E-state index in [4.69, 9.17) is 10.2 Å². The van der Waals surface area contributed by atoms with Gasteiger partial charge in [-0.1, -0.05) is 30.3 Å². The second-order valence-corrected chi connectivity index (χ2v) is 2.53. The Kier molecular flexibility index (Phi) is 3.28. The minimum absolute atomic E-state index is 0.174. The molecule has 0 aliphatic heterocycles. The van der Waals surface area contributed by atoms with Gasteiger partial charge in [0.15, 0.2) is 0 Å². The van der Waals surface area contributed by atoms with Gasteiger partial charge in [-0.15, -0.1) is 0 Å². The van der Waals surface area contributed by atoms with E-state index in [0.717, 1.165) is 5.56 Å². The van der Waals surface area contributed by atoms with Gasteiger partial charge < -0.3 is 14.9 Å². The summed E-state index contributed by atoms with van der Waals surface area (Å²) >= 11 is 0. The Morgan fingerprint density at radius 1 is 1.38 bits per heavy atom. The van der Waals surface area contributed by atoms with E-state index in [1.807, 2.05) is 18.2 Å². The Morgan fingerprint density at radius 3 is 2.54 bits per heavy atom. The van der Waals surface area contributed by atoms with Gasteiger partial charge >= 0.3 is 6.16 Å². The summed E-state index contributed by atoms with van der Waals surface area (Å²) in [6, 6.07) is 9.03. The monoisotopic (exact) mass is 182 g/mol. The molecule has 0 fully saturated rings. The lowest BCUT2D eigenvalue weighted by Crippen LogP contribution is -2.18. The highest BCUT2D eigenvalue weighted by atomic mass is 16.7. The van der Waals surface area contributed by atoms with Gasteiger partial charge in [-0.05, 0) is 5.56 Å². The van der Waals surface area contributed by atoms with Crippen LogP contribution in [0.3, 0.4) is 0 Å². The summed E-state index contributed by atoms with van der Waals surface area (Å²) in [5, 5.41) is 17.2. The Balaban J connectivity index is 2.45. The minimum atomic E-state index is -1.47. The highest BCUT2D eigenvalue weighted by molar-refractivity contribution is 5.56. The van der Waals surface area contributed by atoms with Gasteiger partial charge in [0.25, 0.3) is 0 Å². The predicted octanol–water partition coefficient (Wildman–Crippen LogP) is 1.24. The van der Waals surface area contributed by atoms with Crippen molar-refractivity contribution < 1.29 is 19.7 Å². The van der Waals surface area contributed by atoms with Gasteiger partial charge in [-0.2, -0.15) is 0 Å². The SMILES string of the molecule is O=C(O)OC(O)Cc1ccccc1. The fourth-order valence-corrected chi connectivity index (χ4v) is 0.974. The number of hydrogen-bond donors (Lipinski definition) is 2. The normalized spacial score (nSPS) is 12.1. The molecule has 0 aliphatic carbocycles. The first-order valence-corrected chi connectivity index (χ1v) is 3.80. The van der Waals surface area contributed by atoms with Gasteiger partial charge in [0.2, 0.25) is 6.29 Å². The van der Waals surface area contributed by atoms with Crippen LogP contribution >= 0.6 is 0 Å². The average Bonchev–Trinajstić information content (AvgIpc) is 2.04. The van der Waals surface area contributed by atoms with Crippen molar-refractivity contribution >= 4 is 6.16 Å². The van der Waals surface area contributed by atoms with Crippen LogP contribution < -0.4 is 0 Å². The first kappa shape index (κ1) is 9.54. The molecule has 2 N–H and O–H groups in total. The van der Waals surface area contributed by atoms with Gasteiger partial charge in [-0.25, -0.2) is 4.79 Å². The summed E-state index contributed by atoms with van der Waals surface area (Å²) in [5.74, 6) is 0. The molecule has 1 aromatic carbocycles. The zero-order valence-electron chi connectivity index (χ0n) is 6.88. The van der Waals surface area contributed by atoms with Crippen molar-refractivity contribution in [3.05, 3.63) is 35.9 Å². The zero-order valence-corrected chi connectivity index (χ0v) is 6.88. The maximum absolute atomic E-state index is 10.0. The Hall–Kier alpha value is -1.55. The molecule has 0 heterocycles. The molecule has 1 atom stereocenters. The van der Waals surface area contributed by atoms with E-state index in [0.29, 0.717) is 0 Å². The number of carboxylic acid groups (broad SMARTS) is 1. The number of carbonyl (C=O) groups is 1. The summed E-state index contributed by atoms with van der Waals surface area (Å²) in [6.45, 7) is 0. The first-order chi connectivity index (χ1) is 6.18. The largest absolute Gasteiger partial charge is 0.508 e. The van der Waals surface area contributed by atoms with Gasteiger partial charge in [0, 0.05) is 6.42 Å². The lowest BCUT2D eigenvalue weighted by Gasteiger charge is -2.08. The van der Waals surface area contributed by atoms with Crippen LogP contribution in [0, 0.1) is 0 Å². The van der Waals surface area contributed by atoms with Crippen LogP contribution in [0.1, 0.15) is 5.56 Å². The third-order valence-corrected chi connectivity index (χ3v) is 1.49. The summed E-state index contributed by atoms with van der Waals surface area (Å²) in [5.41, 5.74) is 0.830. The molecule has 1 aromatic rings. The molecule has 1 unspecified atom stereocenters. The molecule has 1 rings (SSSR count). The van der Waals surface area contributed by atoms with Gasteiger partial charge in [-0.3, -0.25) is 0 Å². The fourth-order valence-electron chi connectivity index (χ4n) is 0.974. The number of benzene rings is 1. The van der Waals surface area contributed by atoms with Crippen LogP contribution in [-0.2, 0) is 11.2 Å². The molecule has 0 radical (unpaired) electrons. The number of aliphatic hydroxyl groups is 1. The van der Waals surface area contributed by atoms with Crippen molar-refractivity contribution in [2.45, 2.75) is 12.7 Å². The second-order valence-electron chi connectivity index (χ2n) is 2.53. The van der Waals surface area contributed by atoms with Crippen molar-refractivity contribution in [1.82, 2.24) is 0 Å². The molecule has 0 bridgehead atoms. The quantitative estimate of drug-likeness (QED) is 0.545. The molecular weight excluding hydrogens is 172 g/mol. The number of aliphatic hydroxyl groups excluding tert-OH is 1. The third kappa shape index (κ3) is 3.57. The highest BCUT2D eigenvalue weighted by Crippen LogP contribution is 2.03. The number of rotatable bonds is 3. The van der Waals surface area contributed by atoms with Crippen molar-refractivity contribution in [3.63, 3.8) is 0 Å². The molecule has 13 heavy (non-hydrogen) atoms. The Labute approximate surface area is 75.4 Å². The smallest absolute Gasteiger partial charge is 0.450 e.